The Kier molecular flexibility index (Phi) is 7.81. The van der Waals surface area contributed by atoms with E-state index in [9.17, 15) is 14.4 Å². The molecule has 0 atom stereocenters. The van der Waals surface area contributed by atoms with Gasteiger partial charge < -0.3 is 18.9 Å². The van der Waals surface area contributed by atoms with E-state index in [2.05, 4.69) is 10.9 Å². The maximum atomic E-state index is 13.1. The highest BCUT2D eigenvalue weighted by Crippen LogP contribution is 2.25. The molecule has 36 heavy (non-hydrogen) atoms. The van der Waals surface area contributed by atoms with Crippen molar-refractivity contribution in [2.45, 2.75) is 25.8 Å². The fourth-order valence-electron chi connectivity index (χ4n) is 4.32. The van der Waals surface area contributed by atoms with Crippen LogP contribution in [0, 0.1) is 12.3 Å². The minimum atomic E-state index is -0.579. The molecule has 8 nitrogen and oxygen atoms in total. The summed E-state index contributed by atoms with van der Waals surface area (Å²) in [6.45, 7) is 1.22. The number of aromatic nitrogens is 2. The molecule has 1 aliphatic rings. The van der Waals surface area contributed by atoms with Crippen LogP contribution in [0.5, 0.6) is 5.75 Å². The van der Waals surface area contributed by atoms with Crippen molar-refractivity contribution < 1.29 is 19.1 Å². The van der Waals surface area contributed by atoms with Gasteiger partial charge in [-0.25, -0.2) is 4.79 Å². The first-order valence-electron chi connectivity index (χ1n) is 11.7. The maximum Gasteiger partial charge on any atom is 0.343 e. The molecule has 184 valence electrons. The molecule has 0 saturated heterocycles. The Morgan fingerprint density at radius 1 is 1.11 bits per heavy atom. The molecule has 0 unspecified atom stereocenters. The van der Waals surface area contributed by atoms with Crippen molar-refractivity contribution in [2.24, 2.45) is 0 Å². The van der Waals surface area contributed by atoms with Gasteiger partial charge in [0, 0.05) is 61.3 Å². The molecule has 0 radical (unpaired) electrons. The molecule has 0 fully saturated rings. The van der Waals surface area contributed by atoms with Crippen LogP contribution >= 0.6 is 0 Å². The Morgan fingerprint density at radius 2 is 1.92 bits per heavy atom. The number of methoxy groups -OCH3 is 1. The van der Waals surface area contributed by atoms with Gasteiger partial charge in [0.25, 0.3) is 11.5 Å². The van der Waals surface area contributed by atoms with E-state index >= 15 is 0 Å². The van der Waals surface area contributed by atoms with Crippen LogP contribution in [0.25, 0.3) is 0 Å². The normalized spacial score (nSPS) is 12.7. The lowest BCUT2D eigenvalue weighted by atomic mass is 10.1. The second-order valence-electron chi connectivity index (χ2n) is 8.39. The number of amides is 1. The van der Waals surface area contributed by atoms with E-state index < -0.39 is 5.97 Å². The van der Waals surface area contributed by atoms with Crippen LogP contribution in [-0.2, 0) is 24.1 Å². The number of carbonyl (C=O) groups is 2. The molecule has 0 spiro atoms. The molecular weight excluding hydrogens is 458 g/mol. The average molecular weight is 486 g/mol. The molecule has 1 aliphatic heterocycles. The molecule has 3 aromatic rings. The van der Waals surface area contributed by atoms with Crippen molar-refractivity contribution in [2.75, 3.05) is 26.8 Å². The highest BCUT2D eigenvalue weighted by atomic mass is 16.5. The van der Waals surface area contributed by atoms with Crippen LogP contribution in [0.3, 0.4) is 0 Å². The summed E-state index contributed by atoms with van der Waals surface area (Å²) >= 11 is 0. The lowest BCUT2D eigenvalue weighted by molar-refractivity contribution is 0.0593. The minimum Gasteiger partial charge on any atom is -0.492 e. The van der Waals surface area contributed by atoms with Gasteiger partial charge in [0.15, 0.2) is 0 Å². The number of benzene rings is 1. The number of pyridine rings is 2. The van der Waals surface area contributed by atoms with E-state index in [1.807, 2.05) is 12.1 Å². The number of esters is 1. The number of nitrogens with zero attached hydrogens (tertiary/aromatic N) is 3. The Bertz CT molecular complexity index is 1360. The fraction of sp³-hybridized carbons (Fsp3) is 0.286. The summed E-state index contributed by atoms with van der Waals surface area (Å²) < 4.78 is 12.5. The maximum absolute atomic E-state index is 13.1. The number of hydrogen-bond donors (Lipinski definition) is 0. The quantitative estimate of drug-likeness (QED) is 0.290. The van der Waals surface area contributed by atoms with Crippen molar-refractivity contribution >= 4 is 11.9 Å². The van der Waals surface area contributed by atoms with Crippen LogP contribution in [0.1, 0.15) is 44.0 Å². The van der Waals surface area contributed by atoms with E-state index in [0.29, 0.717) is 49.4 Å². The van der Waals surface area contributed by atoms with Crippen molar-refractivity contribution in [1.29, 1.82) is 0 Å². The summed E-state index contributed by atoms with van der Waals surface area (Å²) in [6.07, 6.45) is 10.7. The zero-order valence-corrected chi connectivity index (χ0v) is 20.1. The lowest BCUT2D eigenvalue weighted by Gasteiger charge is -2.20. The standard InChI is InChI=1S/C28H27N3O5/c1-3-20-6-4-8-22(18-20)27(33)30-14-11-23-26(28(34)35-2)24(19-25(32)31(23)16-15-30)36-17-5-7-21-9-12-29-13-10-21/h1,4,6,8-10,12-13,18-19H,5,7,11,14-17H2,2H3. The van der Waals surface area contributed by atoms with Gasteiger partial charge in [-0.15, -0.1) is 6.42 Å². The third-order valence-electron chi connectivity index (χ3n) is 6.16. The van der Waals surface area contributed by atoms with Crippen molar-refractivity contribution in [3.8, 4) is 18.1 Å². The summed E-state index contributed by atoms with van der Waals surface area (Å²) in [5.74, 6) is 1.98. The van der Waals surface area contributed by atoms with Crippen LogP contribution in [-0.4, -0.2) is 53.1 Å². The van der Waals surface area contributed by atoms with Crippen LogP contribution in [0.2, 0.25) is 0 Å². The van der Waals surface area contributed by atoms with Gasteiger partial charge in [-0.3, -0.25) is 14.6 Å². The van der Waals surface area contributed by atoms with Gasteiger partial charge >= 0.3 is 5.97 Å². The van der Waals surface area contributed by atoms with E-state index in [0.717, 1.165) is 12.0 Å². The van der Waals surface area contributed by atoms with E-state index in [4.69, 9.17) is 15.9 Å². The number of fused-ring (bicyclic) bond motifs is 1. The molecule has 0 saturated carbocycles. The second-order valence-corrected chi connectivity index (χ2v) is 8.39. The third-order valence-corrected chi connectivity index (χ3v) is 6.16. The Hall–Kier alpha value is -4.38. The summed E-state index contributed by atoms with van der Waals surface area (Å²) in [7, 11) is 1.29. The van der Waals surface area contributed by atoms with Gasteiger partial charge in [0.2, 0.25) is 0 Å². The fourth-order valence-corrected chi connectivity index (χ4v) is 4.32. The first kappa shape index (κ1) is 24.7. The largest absolute Gasteiger partial charge is 0.492 e. The van der Waals surface area contributed by atoms with Crippen LogP contribution in [0.15, 0.2) is 59.7 Å². The first-order chi connectivity index (χ1) is 17.5. The molecule has 0 aliphatic carbocycles. The van der Waals surface area contributed by atoms with Gasteiger partial charge in [-0.1, -0.05) is 12.0 Å². The number of aryl methyl sites for hydroxylation is 1. The van der Waals surface area contributed by atoms with Crippen molar-refractivity contribution in [3.05, 3.63) is 93.2 Å². The monoisotopic (exact) mass is 485 g/mol. The highest BCUT2D eigenvalue weighted by Gasteiger charge is 2.27. The molecule has 2 aromatic heterocycles. The van der Waals surface area contributed by atoms with E-state index in [1.54, 1.807) is 41.6 Å². The number of terminal acetylenes is 1. The van der Waals surface area contributed by atoms with Crippen LogP contribution in [0.4, 0.5) is 0 Å². The Labute approximate surface area is 209 Å². The zero-order valence-electron chi connectivity index (χ0n) is 20.1. The SMILES string of the molecule is C#Cc1cccc(C(=O)N2CCc3c(C(=O)OC)c(OCCCc4ccncc4)cc(=O)n3CC2)c1. The number of carbonyl (C=O) groups excluding carboxylic acids is 2. The zero-order chi connectivity index (χ0) is 25.5. The number of rotatable bonds is 7. The summed E-state index contributed by atoms with van der Waals surface area (Å²) in [4.78, 5) is 44.6. The van der Waals surface area contributed by atoms with Crippen LogP contribution < -0.4 is 10.3 Å². The highest BCUT2D eigenvalue weighted by molar-refractivity contribution is 5.95. The number of ether oxygens (including phenoxy) is 2. The summed E-state index contributed by atoms with van der Waals surface area (Å²) in [6, 6.07) is 12.1. The van der Waals surface area contributed by atoms with Gasteiger partial charge in [-0.05, 0) is 48.7 Å². The predicted molar refractivity (Wildman–Crippen MR) is 134 cm³/mol. The smallest absolute Gasteiger partial charge is 0.343 e. The number of hydrogen-bond acceptors (Lipinski definition) is 6. The Morgan fingerprint density at radius 3 is 2.67 bits per heavy atom. The summed E-state index contributed by atoms with van der Waals surface area (Å²) in [5, 5.41) is 0. The second kappa shape index (κ2) is 11.4. The van der Waals surface area contributed by atoms with Gasteiger partial charge in [-0.2, -0.15) is 0 Å². The molecule has 0 bridgehead atoms. The van der Waals surface area contributed by atoms with E-state index in [-0.39, 0.29) is 29.3 Å². The molecular formula is C28H27N3O5. The molecule has 1 amide bonds. The predicted octanol–water partition coefficient (Wildman–Crippen LogP) is 2.72. The van der Waals surface area contributed by atoms with E-state index in [1.165, 1.54) is 17.7 Å². The Balaban J connectivity index is 1.54. The van der Waals surface area contributed by atoms with Gasteiger partial charge in [0.05, 0.1) is 13.7 Å². The molecule has 4 rings (SSSR count). The molecule has 0 N–H and O–H groups in total. The topological polar surface area (TPSA) is 90.7 Å². The van der Waals surface area contributed by atoms with Gasteiger partial charge in [0.1, 0.15) is 11.3 Å². The van der Waals surface area contributed by atoms with Crippen molar-refractivity contribution in [3.63, 3.8) is 0 Å². The van der Waals surface area contributed by atoms with Crippen molar-refractivity contribution in [1.82, 2.24) is 14.5 Å². The molecule has 3 heterocycles. The third kappa shape index (κ3) is 5.47. The minimum absolute atomic E-state index is 0.180. The first-order valence-corrected chi connectivity index (χ1v) is 11.7. The molecule has 8 heteroatoms. The molecule has 1 aromatic carbocycles. The summed E-state index contributed by atoms with van der Waals surface area (Å²) in [5.41, 5.74) is 2.67. The lowest BCUT2D eigenvalue weighted by Crippen LogP contribution is -2.34. The average Bonchev–Trinajstić information content (AvgIpc) is 3.14.